The Kier molecular flexibility index (Phi) is 7.78. The number of halogens is 7. The summed E-state index contributed by atoms with van der Waals surface area (Å²) >= 11 is 0. The molecule has 226 valence electrons. The van der Waals surface area contributed by atoms with Crippen molar-refractivity contribution in [3.05, 3.63) is 96.5 Å². The minimum absolute atomic E-state index is 0.0323. The second-order valence-corrected chi connectivity index (χ2v) is 8.95. The van der Waals surface area contributed by atoms with Crippen LogP contribution in [-0.4, -0.2) is 30.8 Å². The number of nitrogens with zero attached hydrogens (tertiary/aromatic N) is 5. The Labute approximate surface area is 242 Å². The molecule has 44 heavy (non-hydrogen) atoms. The van der Waals surface area contributed by atoms with Crippen molar-refractivity contribution in [2.45, 2.75) is 12.4 Å². The zero-order chi connectivity index (χ0) is 31.6. The maximum Gasteiger partial charge on any atom is 0.417 e. The molecule has 0 aliphatic rings. The Bertz CT molecular complexity index is 1810. The zero-order valence-electron chi connectivity index (χ0n) is 21.8. The summed E-state index contributed by atoms with van der Waals surface area (Å²) in [5.41, 5.74) is 3.85. The van der Waals surface area contributed by atoms with Crippen LogP contribution in [0.25, 0.3) is 16.8 Å². The first-order valence-electron chi connectivity index (χ1n) is 12.2. The Morgan fingerprint density at radius 1 is 0.818 bits per heavy atom. The summed E-state index contributed by atoms with van der Waals surface area (Å²) in [4.78, 5) is 24.1. The number of nitrogens with two attached hydrogens (primary N) is 1. The molecule has 0 atom stereocenters. The third-order valence-corrected chi connectivity index (χ3v) is 5.88. The molecule has 0 saturated heterocycles. The van der Waals surface area contributed by atoms with Crippen LogP contribution in [0.3, 0.4) is 0 Å². The van der Waals surface area contributed by atoms with Gasteiger partial charge in [-0.05, 0) is 42.0 Å². The van der Waals surface area contributed by atoms with Gasteiger partial charge in [-0.15, -0.1) is 0 Å². The third-order valence-electron chi connectivity index (χ3n) is 5.88. The second kappa shape index (κ2) is 11.5. The van der Waals surface area contributed by atoms with Gasteiger partial charge in [0.05, 0.1) is 53.0 Å². The van der Waals surface area contributed by atoms with Crippen molar-refractivity contribution < 1.29 is 40.3 Å². The lowest BCUT2D eigenvalue weighted by Gasteiger charge is -2.15. The van der Waals surface area contributed by atoms with Crippen LogP contribution in [-0.2, 0) is 12.4 Å². The summed E-state index contributed by atoms with van der Waals surface area (Å²) in [6.45, 7) is 0. The summed E-state index contributed by atoms with van der Waals surface area (Å²) in [7, 11) is 0. The van der Waals surface area contributed by atoms with E-state index in [1.54, 1.807) is 0 Å². The van der Waals surface area contributed by atoms with Crippen LogP contribution in [0.1, 0.15) is 11.1 Å². The quantitative estimate of drug-likeness (QED) is 0.176. The molecule has 17 heteroatoms. The van der Waals surface area contributed by atoms with E-state index in [-0.39, 0.29) is 40.2 Å². The van der Waals surface area contributed by atoms with Gasteiger partial charge in [0, 0.05) is 11.8 Å². The predicted octanol–water partition coefficient (Wildman–Crippen LogP) is 6.92. The van der Waals surface area contributed by atoms with Crippen LogP contribution in [0.4, 0.5) is 52.7 Å². The lowest BCUT2D eigenvalue weighted by molar-refractivity contribution is -0.138. The molecule has 3 heterocycles. The van der Waals surface area contributed by atoms with Gasteiger partial charge in [-0.1, -0.05) is 12.1 Å². The summed E-state index contributed by atoms with van der Waals surface area (Å²) in [6.07, 6.45) is -4.60. The number of benzene rings is 2. The molecule has 2 aromatic carbocycles. The van der Waals surface area contributed by atoms with Crippen LogP contribution >= 0.6 is 0 Å². The first-order chi connectivity index (χ1) is 20.8. The average molecular weight is 618 g/mol. The summed E-state index contributed by atoms with van der Waals surface area (Å²) in [6, 6.07) is 8.02. The maximum atomic E-state index is 13.5. The molecule has 0 fully saturated rings. The fourth-order valence-electron chi connectivity index (χ4n) is 3.83. The number of hydrogen-bond acceptors (Lipinski definition) is 7. The SMILES string of the molecule is Nc1ncc(C(F)(F)F)cc1-c1ccc(Oc2ncc(NC(=O)Nc3cc(C(F)(F)F)ccc3-n3cc(F)cn3)cn2)cc1. The largest absolute Gasteiger partial charge is 0.424 e. The smallest absolute Gasteiger partial charge is 0.417 e. The Balaban J connectivity index is 1.26. The van der Waals surface area contributed by atoms with Gasteiger partial charge >= 0.3 is 24.4 Å². The van der Waals surface area contributed by atoms with Crippen molar-refractivity contribution in [1.29, 1.82) is 0 Å². The van der Waals surface area contributed by atoms with Gasteiger partial charge in [-0.3, -0.25) is 0 Å². The van der Waals surface area contributed by atoms with E-state index < -0.39 is 35.3 Å². The first kappa shape index (κ1) is 29.7. The lowest BCUT2D eigenvalue weighted by atomic mass is 10.0. The average Bonchev–Trinajstić information content (AvgIpc) is 3.39. The number of ether oxygens (including phenoxy) is 1. The van der Waals surface area contributed by atoms with E-state index in [1.165, 1.54) is 24.3 Å². The van der Waals surface area contributed by atoms with Crippen molar-refractivity contribution in [3.63, 3.8) is 0 Å². The van der Waals surface area contributed by atoms with Gasteiger partial charge in [-0.2, -0.15) is 31.4 Å². The zero-order valence-corrected chi connectivity index (χ0v) is 21.8. The Morgan fingerprint density at radius 3 is 2.11 bits per heavy atom. The molecule has 5 rings (SSSR count). The fraction of sp³-hybridized carbons (Fsp3) is 0.0741. The van der Waals surface area contributed by atoms with Gasteiger partial charge in [0.15, 0.2) is 5.82 Å². The number of urea groups is 1. The van der Waals surface area contributed by atoms with Gasteiger partial charge in [0.2, 0.25) is 0 Å². The molecule has 3 aromatic heterocycles. The van der Waals surface area contributed by atoms with Gasteiger partial charge in [0.1, 0.15) is 11.6 Å². The number of hydrogen-bond donors (Lipinski definition) is 3. The number of anilines is 3. The minimum Gasteiger partial charge on any atom is -0.424 e. The number of carbonyl (C=O) groups excluding carboxylic acids is 1. The number of amides is 2. The number of carbonyl (C=O) groups is 1. The summed E-state index contributed by atoms with van der Waals surface area (Å²) < 4.78 is 98.9. The van der Waals surface area contributed by atoms with Crippen molar-refractivity contribution in [3.8, 4) is 28.6 Å². The number of alkyl halides is 6. The highest BCUT2D eigenvalue weighted by Crippen LogP contribution is 2.35. The molecule has 4 N–H and O–H groups in total. The summed E-state index contributed by atoms with van der Waals surface area (Å²) in [5.74, 6) is -0.618. The van der Waals surface area contributed by atoms with E-state index in [2.05, 4.69) is 30.7 Å². The van der Waals surface area contributed by atoms with Crippen molar-refractivity contribution in [2.75, 3.05) is 16.4 Å². The molecule has 5 aromatic rings. The molecule has 2 amide bonds. The van der Waals surface area contributed by atoms with E-state index in [0.717, 1.165) is 47.7 Å². The normalized spacial score (nSPS) is 11.7. The molecular weight excluding hydrogens is 601 g/mol. The Hall–Kier alpha value is -5.74. The topological polar surface area (TPSA) is 133 Å². The van der Waals surface area contributed by atoms with Crippen LogP contribution in [0.2, 0.25) is 0 Å². The first-order valence-corrected chi connectivity index (χ1v) is 12.2. The molecule has 10 nitrogen and oxygen atoms in total. The van der Waals surface area contributed by atoms with E-state index >= 15 is 0 Å². The standard InChI is InChI=1S/C27H17F7N8O2/c28-17-10-39-42(13-17)22-6-3-15(26(29,30)31)8-21(22)41-24(43)40-18-11-37-25(38-12-18)44-19-4-1-14(2-5-19)20-7-16(27(32,33)34)9-36-23(20)35/h1-13H,(H2,35,36)(H2,40,41,43). The molecule has 0 radical (unpaired) electrons. The number of nitrogen functional groups attached to an aromatic ring is 1. The van der Waals surface area contributed by atoms with Crippen LogP contribution in [0.5, 0.6) is 11.8 Å². The van der Waals surface area contributed by atoms with E-state index in [4.69, 9.17) is 10.5 Å². The highest BCUT2D eigenvalue weighted by atomic mass is 19.4. The molecule has 0 bridgehead atoms. The molecular formula is C27H17F7N8O2. The van der Waals surface area contributed by atoms with Crippen molar-refractivity contribution >= 4 is 23.2 Å². The minimum atomic E-state index is -4.71. The van der Waals surface area contributed by atoms with Crippen LogP contribution < -0.4 is 21.1 Å². The number of nitrogens with one attached hydrogen (secondary N) is 2. The van der Waals surface area contributed by atoms with Crippen LogP contribution in [0.15, 0.2) is 79.5 Å². The predicted molar refractivity (Wildman–Crippen MR) is 142 cm³/mol. The van der Waals surface area contributed by atoms with E-state index in [0.29, 0.717) is 17.8 Å². The number of rotatable bonds is 6. The molecule has 0 spiro atoms. The highest BCUT2D eigenvalue weighted by molar-refractivity contribution is 6.00. The molecule has 0 unspecified atom stereocenters. The number of aromatic nitrogens is 5. The van der Waals surface area contributed by atoms with Crippen molar-refractivity contribution in [2.24, 2.45) is 0 Å². The lowest BCUT2D eigenvalue weighted by Crippen LogP contribution is -2.21. The molecule has 0 saturated carbocycles. The summed E-state index contributed by atoms with van der Waals surface area (Å²) in [5, 5.41) is 8.34. The van der Waals surface area contributed by atoms with Gasteiger partial charge in [-0.25, -0.2) is 28.8 Å². The van der Waals surface area contributed by atoms with Crippen LogP contribution in [0, 0.1) is 5.82 Å². The van der Waals surface area contributed by atoms with E-state index in [1.807, 2.05) is 0 Å². The Morgan fingerprint density at radius 2 is 1.50 bits per heavy atom. The molecule has 0 aliphatic heterocycles. The maximum absolute atomic E-state index is 13.5. The molecule has 0 aliphatic carbocycles. The highest BCUT2D eigenvalue weighted by Gasteiger charge is 2.32. The third kappa shape index (κ3) is 6.83. The number of pyridine rings is 1. The van der Waals surface area contributed by atoms with Gasteiger partial charge < -0.3 is 21.1 Å². The van der Waals surface area contributed by atoms with Gasteiger partial charge in [0.25, 0.3) is 0 Å². The monoisotopic (exact) mass is 618 g/mol. The van der Waals surface area contributed by atoms with E-state index in [9.17, 15) is 35.5 Å². The fourth-order valence-corrected chi connectivity index (χ4v) is 3.83. The van der Waals surface area contributed by atoms with Crippen molar-refractivity contribution in [1.82, 2.24) is 24.7 Å². The second-order valence-electron chi connectivity index (χ2n) is 8.95.